The molecule has 1 saturated carbocycles. The van der Waals surface area contributed by atoms with E-state index in [4.69, 9.17) is 5.73 Å². The Morgan fingerprint density at radius 2 is 2.20 bits per heavy atom. The van der Waals surface area contributed by atoms with Crippen molar-refractivity contribution in [2.24, 2.45) is 11.1 Å². The van der Waals surface area contributed by atoms with Crippen LogP contribution in [0.3, 0.4) is 0 Å². The van der Waals surface area contributed by atoms with Crippen LogP contribution in [0.2, 0.25) is 0 Å². The number of rotatable bonds is 3. The minimum atomic E-state index is 0.0644. The molecular formula is C13H21NS. The van der Waals surface area contributed by atoms with Crippen LogP contribution in [0.15, 0.2) is 16.8 Å². The van der Waals surface area contributed by atoms with Crippen molar-refractivity contribution in [1.29, 1.82) is 0 Å². The van der Waals surface area contributed by atoms with Crippen molar-refractivity contribution in [3.8, 4) is 0 Å². The van der Waals surface area contributed by atoms with E-state index in [0.717, 1.165) is 12.8 Å². The lowest BCUT2D eigenvalue weighted by Gasteiger charge is -2.38. The third kappa shape index (κ3) is 2.11. The fraction of sp³-hybridized carbons (Fsp3) is 0.692. The third-order valence-corrected chi connectivity index (χ3v) is 4.94. The standard InChI is InChI=1S/C13H21NS/c1-12(2)6-3-7-13(12,14)8-4-11-5-9-15-10-11/h5,9-10H,3-4,6-8,14H2,1-2H3. The summed E-state index contributed by atoms with van der Waals surface area (Å²) in [6.07, 6.45) is 6.06. The molecule has 2 heteroatoms. The Morgan fingerprint density at radius 1 is 1.40 bits per heavy atom. The van der Waals surface area contributed by atoms with Gasteiger partial charge in [0.2, 0.25) is 0 Å². The number of aryl methyl sites for hydroxylation is 1. The quantitative estimate of drug-likeness (QED) is 0.832. The molecule has 0 aliphatic heterocycles. The largest absolute Gasteiger partial charge is 0.325 e. The molecule has 0 saturated heterocycles. The smallest absolute Gasteiger partial charge is 0.0209 e. The van der Waals surface area contributed by atoms with E-state index in [2.05, 4.69) is 30.7 Å². The second-order valence-electron chi connectivity index (χ2n) is 5.53. The predicted molar refractivity (Wildman–Crippen MR) is 67.2 cm³/mol. The zero-order valence-electron chi connectivity index (χ0n) is 9.75. The topological polar surface area (TPSA) is 26.0 Å². The summed E-state index contributed by atoms with van der Waals surface area (Å²) in [5, 5.41) is 4.39. The molecule has 1 heterocycles. The molecular weight excluding hydrogens is 202 g/mol. The molecule has 1 atom stereocenters. The highest BCUT2D eigenvalue weighted by Gasteiger charge is 2.44. The zero-order chi connectivity index (χ0) is 10.9. The summed E-state index contributed by atoms with van der Waals surface area (Å²) in [5.74, 6) is 0. The van der Waals surface area contributed by atoms with Gasteiger partial charge in [-0.25, -0.2) is 0 Å². The fourth-order valence-corrected chi connectivity index (χ4v) is 3.40. The Morgan fingerprint density at radius 3 is 2.73 bits per heavy atom. The number of hydrogen-bond acceptors (Lipinski definition) is 2. The normalized spacial score (nSPS) is 29.5. The Bertz CT molecular complexity index is 315. The van der Waals surface area contributed by atoms with E-state index in [1.807, 2.05) is 0 Å². The average molecular weight is 223 g/mol. The van der Waals surface area contributed by atoms with Crippen molar-refractivity contribution in [3.63, 3.8) is 0 Å². The SMILES string of the molecule is CC1(C)CCCC1(N)CCc1ccsc1. The van der Waals surface area contributed by atoms with Gasteiger partial charge in [-0.1, -0.05) is 20.3 Å². The summed E-state index contributed by atoms with van der Waals surface area (Å²) in [5.41, 5.74) is 8.40. The molecule has 84 valence electrons. The van der Waals surface area contributed by atoms with Crippen LogP contribution in [0, 0.1) is 5.41 Å². The molecule has 1 aromatic heterocycles. The first-order valence-electron chi connectivity index (χ1n) is 5.83. The molecule has 1 aromatic rings. The molecule has 0 amide bonds. The summed E-state index contributed by atoms with van der Waals surface area (Å²) in [6, 6.07) is 2.22. The van der Waals surface area contributed by atoms with Gasteiger partial charge in [0.1, 0.15) is 0 Å². The van der Waals surface area contributed by atoms with E-state index < -0.39 is 0 Å². The van der Waals surface area contributed by atoms with Crippen LogP contribution < -0.4 is 5.73 Å². The van der Waals surface area contributed by atoms with E-state index in [1.165, 1.54) is 24.8 Å². The first-order chi connectivity index (χ1) is 7.04. The Hall–Kier alpha value is -0.340. The Labute approximate surface area is 96.7 Å². The molecule has 15 heavy (non-hydrogen) atoms. The first-order valence-corrected chi connectivity index (χ1v) is 6.78. The lowest BCUT2D eigenvalue weighted by atomic mass is 9.73. The first kappa shape index (κ1) is 11.2. The van der Waals surface area contributed by atoms with Crippen molar-refractivity contribution in [2.75, 3.05) is 0 Å². The van der Waals surface area contributed by atoms with Gasteiger partial charge in [-0.2, -0.15) is 11.3 Å². The van der Waals surface area contributed by atoms with Crippen LogP contribution in [0.5, 0.6) is 0 Å². The van der Waals surface area contributed by atoms with Gasteiger partial charge in [0.05, 0.1) is 0 Å². The average Bonchev–Trinajstić information content (AvgIpc) is 2.73. The third-order valence-electron chi connectivity index (χ3n) is 4.21. The molecule has 1 fully saturated rings. The van der Waals surface area contributed by atoms with Crippen molar-refractivity contribution in [3.05, 3.63) is 22.4 Å². The highest BCUT2D eigenvalue weighted by molar-refractivity contribution is 7.07. The molecule has 1 unspecified atom stereocenters. The second kappa shape index (κ2) is 3.91. The second-order valence-corrected chi connectivity index (χ2v) is 6.31. The van der Waals surface area contributed by atoms with E-state index in [-0.39, 0.29) is 5.54 Å². The maximum absolute atomic E-state index is 6.56. The summed E-state index contributed by atoms with van der Waals surface area (Å²) in [7, 11) is 0. The number of thiophene rings is 1. The number of hydrogen-bond donors (Lipinski definition) is 1. The van der Waals surface area contributed by atoms with Gasteiger partial charge in [0, 0.05) is 5.54 Å². The van der Waals surface area contributed by atoms with Crippen LogP contribution in [0.4, 0.5) is 0 Å². The van der Waals surface area contributed by atoms with Crippen molar-refractivity contribution >= 4 is 11.3 Å². The Balaban J connectivity index is 1.99. The van der Waals surface area contributed by atoms with Gasteiger partial charge in [-0.05, 0) is 53.5 Å². The molecule has 2 rings (SSSR count). The summed E-state index contributed by atoms with van der Waals surface area (Å²) in [4.78, 5) is 0. The van der Waals surface area contributed by atoms with E-state index in [0.29, 0.717) is 5.41 Å². The van der Waals surface area contributed by atoms with Crippen molar-refractivity contribution in [1.82, 2.24) is 0 Å². The van der Waals surface area contributed by atoms with Gasteiger partial charge >= 0.3 is 0 Å². The van der Waals surface area contributed by atoms with Crippen molar-refractivity contribution in [2.45, 2.75) is 51.5 Å². The fourth-order valence-electron chi connectivity index (χ4n) is 2.70. The lowest BCUT2D eigenvalue weighted by Crippen LogP contribution is -2.49. The lowest BCUT2D eigenvalue weighted by molar-refractivity contribution is 0.195. The molecule has 1 nitrogen and oxygen atoms in total. The zero-order valence-corrected chi connectivity index (χ0v) is 10.6. The molecule has 0 aromatic carbocycles. The highest BCUT2D eigenvalue weighted by atomic mass is 32.1. The summed E-state index contributed by atoms with van der Waals surface area (Å²) >= 11 is 1.78. The molecule has 2 N–H and O–H groups in total. The maximum atomic E-state index is 6.56. The predicted octanol–water partition coefficient (Wildman–Crippen LogP) is 3.59. The van der Waals surface area contributed by atoms with E-state index >= 15 is 0 Å². The van der Waals surface area contributed by atoms with Crippen LogP contribution in [0.25, 0.3) is 0 Å². The van der Waals surface area contributed by atoms with Gasteiger partial charge < -0.3 is 5.73 Å². The van der Waals surface area contributed by atoms with Gasteiger partial charge in [0.25, 0.3) is 0 Å². The molecule has 1 aliphatic rings. The highest BCUT2D eigenvalue weighted by Crippen LogP contribution is 2.46. The Kier molecular flexibility index (Phi) is 2.91. The van der Waals surface area contributed by atoms with Crippen LogP contribution in [-0.2, 0) is 6.42 Å². The van der Waals surface area contributed by atoms with E-state index in [9.17, 15) is 0 Å². The van der Waals surface area contributed by atoms with Crippen LogP contribution in [0.1, 0.15) is 45.1 Å². The van der Waals surface area contributed by atoms with Crippen molar-refractivity contribution < 1.29 is 0 Å². The van der Waals surface area contributed by atoms with E-state index in [1.54, 1.807) is 11.3 Å². The maximum Gasteiger partial charge on any atom is 0.0209 e. The van der Waals surface area contributed by atoms with Gasteiger partial charge in [-0.15, -0.1) is 0 Å². The monoisotopic (exact) mass is 223 g/mol. The molecule has 0 bridgehead atoms. The minimum absolute atomic E-state index is 0.0644. The van der Waals surface area contributed by atoms with Crippen LogP contribution in [-0.4, -0.2) is 5.54 Å². The number of nitrogens with two attached hydrogens (primary N) is 1. The molecule has 1 aliphatic carbocycles. The van der Waals surface area contributed by atoms with Crippen LogP contribution >= 0.6 is 11.3 Å². The minimum Gasteiger partial charge on any atom is -0.325 e. The summed E-state index contributed by atoms with van der Waals surface area (Å²) in [6.45, 7) is 4.65. The molecule has 0 spiro atoms. The molecule has 0 radical (unpaired) electrons. The summed E-state index contributed by atoms with van der Waals surface area (Å²) < 4.78 is 0. The van der Waals surface area contributed by atoms with Gasteiger partial charge in [-0.3, -0.25) is 0 Å². The van der Waals surface area contributed by atoms with Gasteiger partial charge in [0.15, 0.2) is 0 Å².